The third-order valence-corrected chi connectivity index (χ3v) is 5.49. The van der Waals surface area contributed by atoms with Gasteiger partial charge in [0.25, 0.3) is 5.91 Å². The predicted octanol–water partition coefficient (Wildman–Crippen LogP) is 3.12. The third-order valence-electron chi connectivity index (χ3n) is 5.49. The topological polar surface area (TPSA) is 54.3 Å². The summed E-state index contributed by atoms with van der Waals surface area (Å²) in [5.74, 6) is -0.431. The lowest BCUT2D eigenvalue weighted by molar-refractivity contribution is -0.125. The minimum Gasteiger partial charge on any atom is -0.352 e. The molecule has 0 radical (unpaired) electrons. The van der Waals surface area contributed by atoms with Gasteiger partial charge in [0.15, 0.2) is 0 Å². The summed E-state index contributed by atoms with van der Waals surface area (Å²) in [7, 11) is 0. The smallest absolute Gasteiger partial charge is 0.256 e. The van der Waals surface area contributed by atoms with Crippen LogP contribution in [0.1, 0.15) is 47.4 Å². The van der Waals surface area contributed by atoms with Crippen LogP contribution in [0.4, 0.5) is 4.39 Å². The van der Waals surface area contributed by atoms with Crippen molar-refractivity contribution in [3.8, 4) is 5.69 Å². The molecule has 4 rings (SSSR count). The van der Waals surface area contributed by atoms with Crippen molar-refractivity contribution in [3.63, 3.8) is 0 Å². The van der Waals surface area contributed by atoms with Gasteiger partial charge in [-0.25, -0.2) is 4.39 Å². The fourth-order valence-corrected chi connectivity index (χ4v) is 3.93. The van der Waals surface area contributed by atoms with Gasteiger partial charge in [0, 0.05) is 29.7 Å². The first kappa shape index (κ1) is 17.8. The average Bonchev–Trinajstić information content (AvgIpc) is 3.22. The number of carbonyl (C=O) groups is 2. The molecule has 1 saturated carbocycles. The average molecular weight is 369 g/mol. The maximum atomic E-state index is 13.2. The van der Waals surface area contributed by atoms with Crippen LogP contribution in [0.3, 0.4) is 0 Å². The first-order valence-corrected chi connectivity index (χ1v) is 9.52. The van der Waals surface area contributed by atoms with E-state index in [1.54, 1.807) is 17.0 Å². The van der Waals surface area contributed by atoms with Gasteiger partial charge in [-0.3, -0.25) is 9.59 Å². The van der Waals surface area contributed by atoms with Gasteiger partial charge in [-0.05, 0) is 69.9 Å². The van der Waals surface area contributed by atoms with E-state index in [9.17, 15) is 14.0 Å². The molecule has 142 valence electrons. The number of rotatable bonds is 4. The van der Waals surface area contributed by atoms with Crippen molar-refractivity contribution < 1.29 is 14.0 Å². The van der Waals surface area contributed by atoms with Crippen molar-refractivity contribution in [2.75, 3.05) is 6.54 Å². The summed E-state index contributed by atoms with van der Waals surface area (Å²) in [4.78, 5) is 27.4. The van der Waals surface area contributed by atoms with Crippen LogP contribution in [0.2, 0.25) is 0 Å². The summed E-state index contributed by atoms with van der Waals surface area (Å²) in [6.45, 7) is 4.41. The Hall–Kier alpha value is -2.63. The monoisotopic (exact) mass is 369 g/mol. The molecule has 27 heavy (non-hydrogen) atoms. The molecule has 2 aliphatic rings. The molecule has 1 aliphatic carbocycles. The SMILES string of the molecule is Cc1cc(C(=O)N2CCCC2C(=O)NC2CC2)c(C)n1-c1ccc(F)cc1. The minimum atomic E-state index is -0.382. The molecule has 2 aromatic rings. The van der Waals surface area contributed by atoms with Gasteiger partial charge in [0.05, 0.1) is 5.56 Å². The molecule has 0 bridgehead atoms. The molecule has 1 unspecified atom stereocenters. The van der Waals surface area contributed by atoms with Crippen molar-refractivity contribution >= 4 is 11.8 Å². The fraction of sp³-hybridized carbons (Fsp3) is 0.429. The van der Waals surface area contributed by atoms with E-state index in [1.807, 2.05) is 24.5 Å². The van der Waals surface area contributed by atoms with Crippen LogP contribution < -0.4 is 5.32 Å². The molecule has 2 amide bonds. The Kier molecular flexibility index (Phi) is 4.50. The zero-order valence-electron chi connectivity index (χ0n) is 15.7. The Morgan fingerprint density at radius 2 is 1.81 bits per heavy atom. The largest absolute Gasteiger partial charge is 0.352 e. The molecule has 1 atom stereocenters. The number of aromatic nitrogens is 1. The van der Waals surface area contributed by atoms with Crippen LogP contribution in [0.5, 0.6) is 0 Å². The van der Waals surface area contributed by atoms with Crippen LogP contribution in [0.25, 0.3) is 5.69 Å². The number of likely N-dealkylation sites (tertiary alicyclic amines) is 1. The third kappa shape index (κ3) is 3.36. The number of nitrogens with zero attached hydrogens (tertiary/aromatic N) is 2. The molecule has 1 aromatic carbocycles. The molecule has 2 heterocycles. The van der Waals surface area contributed by atoms with E-state index >= 15 is 0 Å². The second kappa shape index (κ2) is 6.83. The highest BCUT2D eigenvalue weighted by molar-refractivity contribution is 5.99. The summed E-state index contributed by atoms with van der Waals surface area (Å²) in [5.41, 5.74) is 3.12. The van der Waals surface area contributed by atoms with E-state index in [1.165, 1.54) is 12.1 Å². The summed E-state index contributed by atoms with van der Waals surface area (Å²) in [6.07, 6.45) is 3.61. The van der Waals surface area contributed by atoms with Gasteiger partial charge in [-0.1, -0.05) is 0 Å². The molecule has 1 aromatic heterocycles. The molecule has 1 saturated heterocycles. The molecule has 0 spiro atoms. The van der Waals surface area contributed by atoms with Gasteiger partial charge in [-0.15, -0.1) is 0 Å². The normalized spacial score (nSPS) is 19.4. The van der Waals surface area contributed by atoms with Crippen molar-refractivity contribution in [3.05, 3.63) is 53.1 Å². The highest BCUT2D eigenvalue weighted by Crippen LogP contribution is 2.27. The maximum absolute atomic E-state index is 13.2. The molecule has 6 heteroatoms. The molecule has 5 nitrogen and oxygen atoms in total. The zero-order valence-corrected chi connectivity index (χ0v) is 15.7. The number of amides is 2. The van der Waals surface area contributed by atoms with Gasteiger partial charge >= 0.3 is 0 Å². The second-order valence-electron chi connectivity index (χ2n) is 7.54. The number of hydrogen-bond donors (Lipinski definition) is 1. The van der Waals surface area contributed by atoms with Crippen LogP contribution in [0, 0.1) is 19.7 Å². The van der Waals surface area contributed by atoms with E-state index in [0.717, 1.165) is 36.3 Å². The number of aryl methyl sites for hydroxylation is 1. The summed E-state index contributed by atoms with van der Waals surface area (Å²) >= 11 is 0. The van der Waals surface area contributed by atoms with Gasteiger partial charge in [0.1, 0.15) is 11.9 Å². The van der Waals surface area contributed by atoms with Crippen molar-refractivity contribution in [2.45, 2.75) is 51.6 Å². The van der Waals surface area contributed by atoms with E-state index in [0.29, 0.717) is 24.6 Å². The quantitative estimate of drug-likeness (QED) is 0.900. The Morgan fingerprint density at radius 1 is 1.11 bits per heavy atom. The predicted molar refractivity (Wildman–Crippen MR) is 100 cm³/mol. The Bertz CT molecular complexity index is 884. The van der Waals surface area contributed by atoms with Crippen molar-refractivity contribution in [1.82, 2.24) is 14.8 Å². The van der Waals surface area contributed by atoms with Crippen LogP contribution in [-0.2, 0) is 4.79 Å². The summed E-state index contributed by atoms with van der Waals surface area (Å²) in [6, 6.07) is 7.99. The first-order chi connectivity index (χ1) is 13.0. The number of nitrogens with one attached hydrogen (secondary N) is 1. The maximum Gasteiger partial charge on any atom is 0.256 e. The number of benzene rings is 1. The lowest BCUT2D eigenvalue weighted by Crippen LogP contribution is -2.46. The molecular weight excluding hydrogens is 345 g/mol. The van der Waals surface area contributed by atoms with Crippen LogP contribution in [0.15, 0.2) is 30.3 Å². The first-order valence-electron chi connectivity index (χ1n) is 9.52. The molecule has 1 N–H and O–H groups in total. The van der Waals surface area contributed by atoms with Gasteiger partial charge < -0.3 is 14.8 Å². The Balaban J connectivity index is 1.61. The molecular formula is C21H24FN3O2. The Morgan fingerprint density at radius 3 is 2.48 bits per heavy atom. The molecule has 2 fully saturated rings. The van der Waals surface area contributed by atoms with E-state index in [4.69, 9.17) is 0 Å². The van der Waals surface area contributed by atoms with Crippen LogP contribution in [-0.4, -0.2) is 39.9 Å². The molecule has 1 aliphatic heterocycles. The van der Waals surface area contributed by atoms with Crippen molar-refractivity contribution in [1.29, 1.82) is 0 Å². The van der Waals surface area contributed by atoms with Gasteiger partial charge in [-0.2, -0.15) is 0 Å². The summed E-state index contributed by atoms with van der Waals surface area (Å²) in [5, 5.41) is 3.02. The number of hydrogen-bond acceptors (Lipinski definition) is 2. The van der Waals surface area contributed by atoms with Crippen molar-refractivity contribution in [2.24, 2.45) is 0 Å². The lowest BCUT2D eigenvalue weighted by Gasteiger charge is -2.24. The van der Waals surface area contributed by atoms with E-state index < -0.39 is 0 Å². The minimum absolute atomic E-state index is 0.0318. The summed E-state index contributed by atoms with van der Waals surface area (Å²) < 4.78 is 15.2. The standard InChI is InChI=1S/C21H24FN3O2/c1-13-12-18(14(2)25(13)17-9-5-15(22)6-10-17)21(27)24-11-3-4-19(24)20(26)23-16-7-8-16/h5-6,9-10,12,16,19H,3-4,7-8,11H2,1-2H3,(H,23,26). The fourth-order valence-electron chi connectivity index (χ4n) is 3.93. The van der Waals surface area contributed by atoms with E-state index in [-0.39, 0.29) is 23.7 Å². The van der Waals surface area contributed by atoms with Crippen LogP contribution >= 0.6 is 0 Å². The highest BCUT2D eigenvalue weighted by Gasteiger charge is 2.37. The zero-order chi connectivity index (χ0) is 19.1. The highest BCUT2D eigenvalue weighted by atomic mass is 19.1. The lowest BCUT2D eigenvalue weighted by atomic mass is 10.1. The van der Waals surface area contributed by atoms with E-state index in [2.05, 4.69) is 5.32 Å². The second-order valence-corrected chi connectivity index (χ2v) is 7.54. The number of carbonyl (C=O) groups excluding carboxylic acids is 2. The Labute approximate surface area is 158 Å². The number of halogens is 1. The van der Waals surface area contributed by atoms with Gasteiger partial charge in [0.2, 0.25) is 5.91 Å².